The second-order valence-electron chi connectivity index (χ2n) is 8.28. The maximum absolute atomic E-state index is 13.4. The zero-order valence-electron chi connectivity index (χ0n) is 19.8. The fourth-order valence-corrected chi connectivity index (χ4v) is 4.34. The Hall–Kier alpha value is -3.39. The van der Waals surface area contributed by atoms with Crippen LogP contribution in [0.2, 0.25) is 0 Å². The Morgan fingerprint density at radius 3 is 2.67 bits per heavy atom. The summed E-state index contributed by atoms with van der Waals surface area (Å²) in [7, 11) is 3.40. The molecule has 0 spiro atoms. The molecule has 3 heterocycles. The number of nitrogens with one attached hydrogen (secondary N) is 1. The van der Waals surface area contributed by atoms with Crippen molar-refractivity contribution >= 4 is 11.5 Å². The van der Waals surface area contributed by atoms with Crippen molar-refractivity contribution in [2.24, 2.45) is 7.05 Å². The Balaban J connectivity index is 1.64. The van der Waals surface area contributed by atoms with Crippen molar-refractivity contribution in [2.75, 3.05) is 37.0 Å². The minimum absolute atomic E-state index is 0.0614. The van der Waals surface area contributed by atoms with Gasteiger partial charge in [-0.3, -0.25) is 9.36 Å². The van der Waals surface area contributed by atoms with Crippen LogP contribution in [0.3, 0.4) is 0 Å². The lowest BCUT2D eigenvalue weighted by atomic mass is 10.1. The highest BCUT2D eigenvalue weighted by atomic mass is 16.5. The molecule has 174 valence electrons. The van der Waals surface area contributed by atoms with Gasteiger partial charge in [0.05, 0.1) is 24.9 Å². The molecule has 33 heavy (non-hydrogen) atoms. The fourth-order valence-electron chi connectivity index (χ4n) is 4.34. The summed E-state index contributed by atoms with van der Waals surface area (Å²) in [6.07, 6.45) is 1.72. The molecule has 8 heteroatoms. The van der Waals surface area contributed by atoms with Gasteiger partial charge in [-0.25, -0.2) is 9.97 Å². The van der Waals surface area contributed by atoms with Crippen molar-refractivity contribution < 1.29 is 9.47 Å². The summed E-state index contributed by atoms with van der Waals surface area (Å²) in [4.78, 5) is 24.8. The monoisotopic (exact) mass is 449 g/mol. The van der Waals surface area contributed by atoms with E-state index in [-0.39, 0.29) is 17.7 Å². The third-order valence-corrected chi connectivity index (χ3v) is 6.10. The van der Waals surface area contributed by atoms with E-state index in [1.54, 1.807) is 24.9 Å². The van der Waals surface area contributed by atoms with Crippen molar-refractivity contribution in [1.29, 1.82) is 0 Å². The minimum atomic E-state index is -0.112. The van der Waals surface area contributed by atoms with E-state index in [0.29, 0.717) is 36.9 Å². The molecule has 0 radical (unpaired) electrons. The molecule has 0 unspecified atom stereocenters. The number of hydrogen-bond acceptors (Lipinski definition) is 7. The summed E-state index contributed by atoms with van der Waals surface area (Å²) in [5, 5.41) is 3.45. The van der Waals surface area contributed by atoms with E-state index in [1.807, 2.05) is 57.2 Å². The van der Waals surface area contributed by atoms with Gasteiger partial charge in [-0.05, 0) is 56.7 Å². The molecule has 0 aliphatic carbocycles. The Labute approximate surface area is 194 Å². The molecular formula is C25H31N5O3. The number of benzene rings is 1. The Bertz CT molecular complexity index is 1180. The van der Waals surface area contributed by atoms with Crippen LogP contribution in [0.4, 0.5) is 11.5 Å². The van der Waals surface area contributed by atoms with Crippen LogP contribution in [0.5, 0.6) is 5.75 Å². The quantitative estimate of drug-likeness (QED) is 0.593. The zero-order valence-corrected chi connectivity index (χ0v) is 19.8. The van der Waals surface area contributed by atoms with Crippen LogP contribution in [-0.2, 0) is 11.8 Å². The van der Waals surface area contributed by atoms with Crippen molar-refractivity contribution in [3.63, 3.8) is 0 Å². The summed E-state index contributed by atoms with van der Waals surface area (Å²) in [6.45, 7) is 7.83. The second kappa shape index (κ2) is 9.62. The summed E-state index contributed by atoms with van der Waals surface area (Å²) < 4.78 is 12.9. The van der Waals surface area contributed by atoms with E-state index in [1.165, 1.54) is 0 Å². The summed E-state index contributed by atoms with van der Waals surface area (Å²) in [5.41, 5.74) is 2.95. The first kappa shape index (κ1) is 22.8. The fraction of sp³-hybridized carbons (Fsp3) is 0.400. The van der Waals surface area contributed by atoms with Crippen molar-refractivity contribution in [1.82, 2.24) is 14.5 Å². The molecule has 0 bridgehead atoms. The molecule has 1 fully saturated rings. The summed E-state index contributed by atoms with van der Waals surface area (Å²) >= 11 is 0. The van der Waals surface area contributed by atoms with Crippen LogP contribution >= 0.6 is 0 Å². The zero-order chi connectivity index (χ0) is 23.5. The average molecular weight is 450 g/mol. The number of aromatic nitrogens is 3. The summed E-state index contributed by atoms with van der Waals surface area (Å²) in [5.74, 6) is 2.31. The van der Waals surface area contributed by atoms with E-state index < -0.39 is 0 Å². The largest absolute Gasteiger partial charge is 0.497 e. The van der Waals surface area contributed by atoms with Crippen LogP contribution in [-0.4, -0.2) is 53.5 Å². The molecule has 4 rings (SSSR count). The van der Waals surface area contributed by atoms with E-state index >= 15 is 0 Å². The highest BCUT2D eigenvalue weighted by molar-refractivity contribution is 5.64. The predicted octanol–water partition coefficient (Wildman–Crippen LogP) is 3.17. The first-order valence-electron chi connectivity index (χ1n) is 11.2. The van der Waals surface area contributed by atoms with Gasteiger partial charge in [0.1, 0.15) is 23.1 Å². The highest BCUT2D eigenvalue weighted by Gasteiger charge is 2.35. The number of hydrogen-bond donors (Lipinski definition) is 1. The number of rotatable bonds is 7. The van der Waals surface area contributed by atoms with Gasteiger partial charge >= 0.3 is 0 Å². The molecule has 2 aromatic heterocycles. The first-order valence-corrected chi connectivity index (χ1v) is 11.2. The van der Waals surface area contributed by atoms with Crippen molar-refractivity contribution in [2.45, 2.75) is 32.9 Å². The van der Waals surface area contributed by atoms with E-state index in [0.717, 1.165) is 22.7 Å². The molecule has 1 saturated heterocycles. The lowest BCUT2D eigenvalue weighted by Gasteiger charge is -2.22. The molecule has 1 aliphatic heterocycles. The molecule has 1 aliphatic rings. The number of methoxy groups -OCH3 is 1. The molecule has 3 aromatic rings. The molecule has 1 aromatic carbocycles. The number of aryl methyl sites for hydroxylation is 2. The molecule has 2 atom stereocenters. The first-order chi connectivity index (χ1) is 15.9. The van der Waals surface area contributed by atoms with Crippen LogP contribution in [0.1, 0.15) is 18.2 Å². The molecular weight excluding hydrogens is 418 g/mol. The number of pyridine rings is 1. The normalized spacial score (nSPS) is 17.9. The minimum Gasteiger partial charge on any atom is -0.497 e. The van der Waals surface area contributed by atoms with Crippen molar-refractivity contribution in [3.8, 4) is 17.1 Å². The molecule has 0 saturated carbocycles. The van der Waals surface area contributed by atoms with Gasteiger partial charge in [0.25, 0.3) is 5.56 Å². The van der Waals surface area contributed by atoms with Crippen LogP contribution in [0, 0.1) is 13.8 Å². The predicted molar refractivity (Wildman–Crippen MR) is 130 cm³/mol. The smallest absolute Gasteiger partial charge is 0.277 e. The Kier molecular flexibility index (Phi) is 6.65. The van der Waals surface area contributed by atoms with Gasteiger partial charge in [-0.1, -0.05) is 6.07 Å². The maximum atomic E-state index is 13.4. The van der Waals surface area contributed by atoms with Gasteiger partial charge < -0.3 is 19.7 Å². The molecule has 0 amide bonds. The van der Waals surface area contributed by atoms with Crippen LogP contribution in [0.15, 0.2) is 47.4 Å². The van der Waals surface area contributed by atoms with E-state index in [4.69, 9.17) is 14.5 Å². The second-order valence-corrected chi connectivity index (χ2v) is 8.28. The average Bonchev–Trinajstić information content (AvgIpc) is 3.22. The third kappa shape index (κ3) is 4.57. The standard InChI is InChI=1S/C25H31N5O3/c1-6-33-21-15-30(22-9-7-8-12-26-22)14-20(21)28-23-17(3)27-24(29(4)25(23)31)19-11-10-18(32-5)13-16(19)2/h7-13,20-21,28H,6,14-15H2,1-5H3/t20-,21+/m1/s1. The Morgan fingerprint density at radius 1 is 1.18 bits per heavy atom. The Morgan fingerprint density at radius 2 is 2.00 bits per heavy atom. The topological polar surface area (TPSA) is 81.5 Å². The third-order valence-electron chi connectivity index (χ3n) is 6.10. The van der Waals surface area contributed by atoms with Crippen molar-refractivity contribution in [3.05, 3.63) is 64.2 Å². The lowest BCUT2D eigenvalue weighted by Crippen LogP contribution is -2.38. The van der Waals surface area contributed by atoms with E-state index in [2.05, 4.69) is 15.2 Å². The maximum Gasteiger partial charge on any atom is 0.277 e. The summed E-state index contributed by atoms with van der Waals surface area (Å²) in [6, 6.07) is 11.6. The number of nitrogens with zero attached hydrogens (tertiary/aromatic N) is 4. The van der Waals surface area contributed by atoms with Gasteiger partial charge in [-0.15, -0.1) is 0 Å². The van der Waals surface area contributed by atoms with Gasteiger partial charge in [0, 0.05) is 38.5 Å². The number of ether oxygens (including phenoxy) is 2. The van der Waals surface area contributed by atoms with Crippen LogP contribution < -0.4 is 20.5 Å². The molecule has 1 N–H and O–H groups in total. The van der Waals surface area contributed by atoms with Gasteiger partial charge in [-0.2, -0.15) is 0 Å². The van der Waals surface area contributed by atoms with E-state index in [9.17, 15) is 4.79 Å². The SMILES string of the molecule is CCO[C@H]1CN(c2ccccn2)C[C@H]1Nc1c(C)nc(-c2ccc(OC)cc2C)n(C)c1=O. The van der Waals surface area contributed by atoms with Crippen LogP contribution in [0.25, 0.3) is 11.4 Å². The highest BCUT2D eigenvalue weighted by Crippen LogP contribution is 2.27. The molecule has 8 nitrogen and oxygen atoms in total. The lowest BCUT2D eigenvalue weighted by molar-refractivity contribution is 0.0720. The van der Waals surface area contributed by atoms with Gasteiger partial charge in [0.15, 0.2) is 0 Å². The number of anilines is 2. The van der Waals surface area contributed by atoms with Gasteiger partial charge in [0.2, 0.25) is 0 Å².